The maximum Gasteiger partial charge on any atom is 0.573 e. The third-order valence-electron chi connectivity index (χ3n) is 1.54. The SMILES string of the molecule is Nc1cc(OC(F)(F)F)c(Br)cc1C(=O)Cl. The van der Waals surface area contributed by atoms with E-state index in [2.05, 4.69) is 20.7 Å². The molecule has 0 unspecified atom stereocenters. The molecule has 3 nitrogen and oxygen atoms in total. The van der Waals surface area contributed by atoms with Crippen LogP contribution in [0.5, 0.6) is 5.75 Å². The molecule has 2 N–H and O–H groups in total. The van der Waals surface area contributed by atoms with Crippen LogP contribution in [0, 0.1) is 0 Å². The Bertz CT molecular complexity index is 436. The van der Waals surface area contributed by atoms with Crippen molar-refractivity contribution in [3.8, 4) is 5.75 Å². The number of benzene rings is 1. The molecule has 0 aliphatic carbocycles. The van der Waals surface area contributed by atoms with Crippen molar-refractivity contribution >= 4 is 38.5 Å². The molecular weight excluding hydrogens is 314 g/mol. The van der Waals surface area contributed by atoms with Crippen molar-refractivity contribution in [1.29, 1.82) is 0 Å². The first-order valence-corrected chi connectivity index (χ1v) is 4.92. The van der Waals surface area contributed by atoms with Gasteiger partial charge in [-0.25, -0.2) is 0 Å². The topological polar surface area (TPSA) is 52.3 Å². The largest absolute Gasteiger partial charge is 0.573 e. The molecule has 0 amide bonds. The molecule has 0 atom stereocenters. The van der Waals surface area contributed by atoms with Crippen LogP contribution >= 0.6 is 27.5 Å². The summed E-state index contributed by atoms with van der Waals surface area (Å²) in [5.74, 6) is -0.535. The summed E-state index contributed by atoms with van der Waals surface area (Å²) in [6, 6.07) is 1.93. The van der Waals surface area contributed by atoms with Crippen LogP contribution in [0.15, 0.2) is 16.6 Å². The average Bonchev–Trinajstić information content (AvgIpc) is 2.07. The van der Waals surface area contributed by atoms with Gasteiger partial charge < -0.3 is 10.5 Å². The van der Waals surface area contributed by atoms with E-state index in [1.165, 1.54) is 0 Å². The van der Waals surface area contributed by atoms with Gasteiger partial charge in [0, 0.05) is 11.8 Å². The number of nitrogens with two attached hydrogens (primary N) is 1. The third-order valence-corrected chi connectivity index (χ3v) is 2.36. The van der Waals surface area contributed by atoms with Gasteiger partial charge in [-0.3, -0.25) is 4.79 Å². The molecule has 0 fully saturated rings. The van der Waals surface area contributed by atoms with Gasteiger partial charge in [0.1, 0.15) is 5.75 Å². The van der Waals surface area contributed by atoms with Gasteiger partial charge in [-0.15, -0.1) is 13.2 Å². The van der Waals surface area contributed by atoms with Crippen molar-refractivity contribution in [1.82, 2.24) is 0 Å². The zero-order valence-electron chi connectivity index (χ0n) is 7.44. The molecule has 0 saturated carbocycles. The van der Waals surface area contributed by atoms with Gasteiger partial charge in [0.25, 0.3) is 5.24 Å². The first kappa shape index (κ1) is 13.1. The summed E-state index contributed by atoms with van der Waals surface area (Å²) in [6.45, 7) is 0. The van der Waals surface area contributed by atoms with E-state index in [1.54, 1.807) is 0 Å². The lowest BCUT2D eigenvalue weighted by molar-refractivity contribution is -0.274. The molecule has 0 bridgehead atoms. The van der Waals surface area contributed by atoms with Crippen molar-refractivity contribution in [2.75, 3.05) is 5.73 Å². The number of halogens is 5. The van der Waals surface area contributed by atoms with Gasteiger partial charge in [-0.1, -0.05) is 0 Å². The standard InChI is InChI=1S/C8H4BrClF3NO2/c9-4-1-3(7(10)15)5(14)2-6(4)16-8(11,12)13/h1-2H,14H2. The summed E-state index contributed by atoms with van der Waals surface area (Å²) < 4.78 is 39.4. The zero-order chi connectivity index (χ0) is 12.5. The van der Waals surface area contributed by atoms with Crippen LogP contribution in [0.3, 0.4) is 0 Å². The molecular formula is C8H4BrClF3NO2. The normalized spacial score (nSPS) is 11.3. The molecule has 1 aromatic carbocycles. The number of hydrogen-bond donors (Lipinski definition) is 1. The summed E-state index contributed by atoms with van der Waals surface area (Å²) in [7, 11) is 0. The smallest absolute Gasteiger partial charge is 0.405 e. The maximum atomic E-state index is 11.9. The fraction of sp³-hybridized carbons (Fsp3) is 0.125. The summed E-state index contributed by atoms with van der Waals surface area (Å²) in [4.78, 5) is 10.8. The molecule has 8 heteroatoms. The van der Waals surface area contributed by atoms with Crippen LogP contribution in [-0.2, 0) is 0 Å². The van der Waals surface area contributed by atoms with Crippen molar-refractivity contribution in [3.63, 3.8) is 0 Å². The first-order chi connectivity index (χ1) is 7.20. The van der Waals surface area contributed by atoms with Crippen LogP contribution in [0.4, 0.5) is 18.9 Å². The van der Waals surface area contributed by atoms with E-state index < -0.39 is 17.4 Å². The lowest BCUT2D eigenvalue weighted by Crippen LogP contribution is -2.17. The number of carbonyl (C=O) groups is 1. The highest BCUT2D eigenvalue weighted by molar-refractivity contribution is 9.10. The number of hydrogen-bond acceptors (Lipinski definition) is 3. The van der Waals surface area contributed by atoms with Gasteiger partial charge in [0.2, 0.25) is 0 Å². The van der Waals surface area contributed by atoms with Crippen LogP contribution in [0.2, 0.25) is 0 Å². The van der Waals surface area contributed by atoms with Gasteiger partial charge >= 0.3 is 6.36 Å². The molecule has 0 spiro atoms. The summed E-state index contributed by atoms with van der Waals surface area (Å²) >= 11 is 7.97. The summed E-state index contributed by atoms with van der Waals surface area (Å²) in [5.41, 5.74) is 5.05. The van der Waals surface area contributed by atoms with Crippen LogP contribution in [0.1, 0.15) is 10.4 Å². The highest BCUT2D eigenvalue weighted by Gasteiger charge is 2.32. The molecule has 1 rings (SSSR count). The number of rotatable bonds is 2. The van der Waals surface area contributed by atoms with E-state index >= 15 is 0 Å². The Morgan fingerprint density at radius 2 is 2.00 bits per heavy atom. The number of anilines is 1. The third kappa shape index (κ3) is 3.28. The number of alkyl halides is 3. The molecule has 0 heterocycles. The predicted octanol–water partition coefficient (Wildman–Crippen LogP) is 3.31. The van der Waals surface area contributed by atoms with Crippen molar-refractivity contribution in [3.05, 3.63) is 22.2 Å². The summed E-state index contributed by atoms with van der Waals surface area (Å²) in [6.07, 6.45) is -4.83. The van der Waals surface area contributed by atoms with E-state index in [0.29, 0.717) is 0 Å². The Morgan fingerprint density at radius 3 is 2.44 bits per heavy atom. The van der Waals surface area contributed by atoms with Gasteiger partial charge in [0.05, 0.1) is 10.0 Å². The van der Waals surface area contributed by atoms with Gasteiger partial charge in [0.15, 0.2) is 0 Å². The lowest BCUT2D eigenvalue weighted by atomic mass is 10.2. The zero-order valence-corrected chi connectivity index (χ0v) is 9.78. The number of ether oxygens (including phenoxy) is 1. The Kier molecular flexibility index (Phi) is 3.69. The van der Waals surface area contributed by atoms with Crippen LogP contribution < -0.4 is 10.5 Å². The Hall–Kier alpha value is -0.950. The molecule has 16 heavy (non-hydrogen) atoms. The second-order valence-electron chi connectivity index (χ2n) is 2.69. The average molecular weight is 318 g/mol. The fourth-order valence-electron chi connectivity index (χ4n) is 0.942. The molecule has 88 valence electrons. The van der Waals surface area contributed by atoms with Gasteiger partial charge in [-0.05, 0) is 33.6 Å². The number of carbonyl (C=O) groups excluding carboxylic acids is 1. The minimum absolute atomic E-state index is 0.0666. The van der Waals surface area contributed by atoms with E-state index in [4.69, 9.17) is 17.3 Å². The monoisotopic (exact) mass is 317 g/mol. The van der Waals surface area contributed by atoms with Crippen molar-refractivity contribution < 1.29 is 22.7 Å². The van der Waals surface area contributed by atoms with Gasteiger partial charge in [-0.2, -0.15) is 0 Å². The van der Waals surface area contributed by atoms with E-state index in [0.717, 1.165) is 12.1 Å². The highest BCUT2D eigenvalue weighted by atomic mass is 79.9. The Morgan fingerprint density at radius 1 is 1.44 bits per heavy atom. The van der Waals surface area contributed by atoms with Crippen molar-refractivity contribution in [2.24, 2.45) is 0 Å². The lowest BCUT2D eigenvalue weighted by Gasteiger charge is -2.12. The molecule has 1 aromatic rings. The Labute approximate surface area is 101 Å². The fourth-order valence-corrected chi connectivity index (χ4v) is 1.53. The second kappa shape index (κ2) is 4.50. The highest BCUT2D eigenvalue weighted by Crippen LogP contribution is 2.34. The molecule has 0 aliphatic heterocycles. The first-order valence-electron chi connectivity index (χ1n) is 3.75. The quantitative estimate of drug-likeness (QED) is 0.672. The second-order valence-corrected chi connectivity index (χ2v) is 3.89. The Balaban J connectivity index is 3.16. The minimum atomic E-state index is -4.83. The maximum absolute atomic E-state index is 11.9. The molecule has 0 aromatic heterocycles. The van der Waals surface area contributed by atoms with E-state index in [1.807, 2.05) is 0 Å². The molecule has 0 aliphatic rings. The number of nitrogen functional groups attached to an aromatic ring is 1. The predicted molar refractivity (Wildman–Crippen MR) is 55.4 cm³/mol. The molecule has 0 saturated heterocycles. The molecule has 0 radical (unpaired) electrons. The summed E-state index contributed by atoms with van der Waals surface area (Å²) in [5, 5.41) is -0.864. The van der Waals surface area contributed by atoms with E-state index in [9.17, 15) is 18.0 Å². The van der Waals surface area contributed by atoms with E-state index in [-0.39, 0.29) is 15.7 Å². The minimum Gasteiger partial charge on any atom is -0.405 e. The van der Waals surface area contributed by atoms with Crippen LogP contribution in [0.25, 0.3) is 0 Å². The van der Waals surface area contributed by atoms with Crippen molar-refractivity contribution in [2.45, 2.75) is 6.36 Å². The van der Waals surface area contributed by atoms with Crippen LogP contribution in [-0.4, -0.2) is 11.6 Å².